The summed E-state index contributed by atoms with van der Waals surface area (Å²) in [6, 6.07) is 16.5. The predicted octanol–water partition coefficient (Wildman–Crippen LogP) is 4.33. The van der Waals surface area contributed by atoms with Gasteiger partial charge in [-0.2, -0.15) is 0 Å². The van der Waals surface area contributed by atoms with Crippen molar-refractivity contribution in [1.29, 1.82) is 0 Å². The number of amides is 1. The van der Waals surface area contributed by atoms with E-state index in [1.807, 2.05) is 30.3 Å². The fraction of sp³-hybridized carbons (Fsp3) is 0. The Bertz CT molecular complexity index is 1060. The van der Waals surface area contributed by atoms with Gasteiger partial charge in [0.1, 0.15) is 10.6 Å². The molecule has 2 aromatic heterocycles. The second-order valence-electron chi connectivity index (χ2n) is 5.39. The van der Waals surface area contributed by atoms with E-state index < -0.39 is 5.97 Å². The van der Waals surface area contributed by atoms with Crippen LogP contribution in [-0.2, 0) is 0 Å². The molecule has 0 aliphatic rings. The molecule has 6 heteroatoms. The number of rotatable bonds is 3. The molecule has 0 aliphatic carbocycles. The Morgan fingerprint density at radius 2 is 1.83 bits per heavy atom. The standard InChI is InChI=1S/C18H12N2O3S/c21-17(14-8-10-3-1-2-4-13(10)20-14)19-12-5-6-15-11(7-12)9-16(24-15)18(22)23/h1-9,20H,(H,19,21)(H,22,23). The molecule has 2 heterocycles. The molecule has 118 valence electrons. The molecule has 0 saturated heterocycles. The summed E-state index contributed by atoms with van der Waals surface area (Å²) in [7, 11) is 0. The first-order valence-electron chi connectivity index (χ1n) is 7.26. The molecule has 4 rings (SSSR count). The lowest BCUT2D eigenvalue weighted by atomic mass is 10.2. The average Bonchev–Trinajstić information content (AvgIpc) is 3.18. The third kappa shape index (κ3) is 2.53. The number of H-pyrrole nitrogens is 1. The Kier molecular flexibility index (Phi) is 3.32. The van der Waals surface area contributed by atoms with Crippen molar-refractivity contribution >= 4 is 49.9 Å². The molecule has 0 radical (unpaired) electrons. The third-order valence-electron chi connectivity index (χ3n) is 3.76. The molecule has 3 N–H and O–H groups in total. The van der Waals surface area contributed by atoms with Crippen LogP contribution in [0.1, 0.15) is 20.2 Å². The van der Waals surface area contributed by atoms with Gasteiger partial charge in [-0.1, -0.05) is 18.2 Å². The second-order valence-corrected chi connectivity index (χ2v) is 6.48. The van der Waals surface area contributed by atoms with E-state index in [1.165, 1.54) is 11.3 Å². The van der Waals surface area contributed by atoms with Gasteiger partial charge in [0.25, 0.3) is 5.91 Å². The van der Waals surface area contributed by atoms with Crippen LogP contribution in [0.5, 0.6) is 0 Å². The van der Waals surface area contributed by atoms with Gasteiger partial charge in [-0.05, 0) is 41.8 Å². The lowest BCUT2D eigenvalue weighted by Crippen LogP contribution is -2.11. The number of carbonyl (C=O) groups excluding carboxylic acids is 1. The van der Waals surface area contributed by atoms with E-state index in [9.17, 15) is 9.59 Å². The van der Waals surface area contributed by atoms with Crippen LogP contribution in [0.3, 0.4) is 0 Å². The summed E-state index contributed by atoms with van der Waals surface area (Å²) in [4.78, 5) is 26.8. The van der Waals surface area contributed by atoms with Gasteiger partial charge in [-0.3, -0.25) is 4.79 Å². The zero-order valence-corrected chi connectivity index (χ0v) is 13.2. The SMILES string of the molecule is O=C(Nc1ccc2sc(C(=O)O)cc2c1)c1cc2ccccc2[nH]1. The fourth-order valence-electron chi connectivity index (χ4n) is 2.62. The number of benzene rings is 2. The minimum Gasteiger partial charge on any atom is -0.477 e. The summed E-state index contributed by atoms with van der Waals surface area (Å²) in [5, 5.41) is 13.7. The van der Waals surface area contributed by atoms with Gasteiger partial charge in [0, 0.05) is 21.3 Å². The number of aromatic nitrogens is 1. The highest BCUT2D eigenvalue weighted by Crippen LogP contribution is 2.28. The van der Waals surface area contributed by atoms with Crippen LogP contribution in [0.4, 0.5) is 5.69 Å². The maximum absolute atomic E-state index is 12.4. The van der Waals surface area contributed by atoms with Gasteiger partial charge >= 0.3 is 5.97 Å². The molecule has 0 atom stereocenters. The van der Waals surface area contributed by atoms with Gasteiger partial charge in [-0.25, -0.2) is 4.79 Å². The van der Waals surface area contributed by atoms with Gasteiger partial charge in [-0.15, -0.1) is 11.3 Å². The number of anilines is 1. The van der Waals surface area contributed by atoms with Crippen LogP contribution in [-0.4, -0.2) is 22.0 Å². The average molecular weight is 336 g/mol. The van der Waals surface area contributed by atoms with Crippen molar-refractivity contribution < 1.29 is 14.7 Å². The third-order valence-corrected chi connectivity index (χ3v) is 4.86. The number of fused-ring (bicyclic) bond motifs is 2. The van der Waals surface area contributed by atoms with Crippen LogP contribution >= 0.6 is 11.3 Å². The molecule has 4 aromatic rings. The Labute approximate surface area is 140 Å². The Hall–Kier alpha value is -3.12. The monoisotopic (exact) mass is 336 g/mol. The minimum absolute atomic E-state index is 0.237. The van der Waals surface area contributed by atoms with E-state index in [0.717, 1.165) is 21.0 Å². The van der Waals surface area contributed by atoms with Crippen LogP contribution in [0, 0.1) is 0 Å². The van der Waals surface area contributed by atoms with Crippen molar-refractivity contribution in [2.75, 3.05) is 5.32 Å². The van der Waals surface area contributed by atoms with E-state index in [4.69, 9.17) is 5.11 Å². The lowest BCUT2D eigenvalue weighted by molar-refractivity contribution is 0.0702. The summed E-state index contributed by atoms with van der Waals surface area (Å²) in [6.45, 7) is 0. The number of hydrogen-bond donors (Lipinski definition) is 3. The first-order valence-corrected chi connectivity index (χ1v) is 8.08. The summed E-state index contributed by atoms with van der Waals surface area (Å²) < 4.78 is 0.871. The largest absolute Gasteiger partial charge is 0.477 e. The predicted molar refractivity (Wildman–Crippen MR) is 95.0 cm³/mol. The molecular formula is C18H12N2O3S. The first kappa shape index (κ1) is 14.5. The zero-order chi connectivity index (χ0) is 16.7. The van der Waals surface area contributed by atoms with E-state index in [1.54, 1.807) is 24.3 Å². The maximum atomic E-state index is 12.4. The Morgan fingerprint density at radius 3 is 2.62 bits per heavy atom. The quantitative estimate of drug-likeness (QED) is 0.521. The first-order chi connectivity index (χ1) is 11.6. The summed E-state index contributed by atoms with van der Waals surface area (Å²) in [5.74, 6) is -1.18. The van der Waals surface area contributed by atoms with Gasteiger partial charge in [0.2, 0.25) is 0 Å². The highest BCUT2D eigenvalue weighted by molar-refractivity contribution is 7.20. The summed E-state index contributed by atoms with van der Waals surface area (Å²) in [5.41, 5.74) is 2.01. The number of nitrogens with one attached hydrogen (secondary N) is 2. The normalized spacial score (nSPS) is 11.0. The number of carboxylic acids is 1. The summed E-state index contributed by atoms with van der Waals surface area (Å²) >= 11 is 1.21. The number of carboxylic acid groups (broad SMARTS) is 1. The van der Waals surface area contributed by atoms with Crippen LogP contribution in [0.2, 0.25) is 0 Å². The van der Waals surface area contributed by atoms with Crippen molar-refractivity contribution in [2.45, 2.75) is 0 Å². The molecule has 5 nitrogen and oxygen atoms in total. The number of aromatic carboxylic acids is 1. The molecule has 24 heavy (non-hydrogen) atoms. The van der Waals surface area contributed by atoms with Crippen molar-refractivity contribution in [1.82, 2.24) is 4.98 Å². The molecule has 0 fully saturated rings. The van der Waals surface area contributed by atoms with E-state index in [0.29, 0.717) is 11.4 Å². The number of aromatic amines is 1. The maximum Gasteiger partial charge on any atom is 0.345 e. The molecule has 0 spiro atoms. The molecule has 0 saturated carbocycles. The molecule has 0 aliphatic heterocycles. The molecule has 0 unspecified atom stereocenters. The summed E-state index contributed by atoms with van der Waals surface area (Å²) in [6.07, 6.45) is 0. The van der Waals surface area contributed by atoms with Gasteiger partial charge in [0.05, 0.1) is 0 Å². The van der Waals surface area contributed by atoms with Crippen LogP contribution in [0.25, 0.3) is 21.0 Å². The topological polar surface area (TPSA) is 82.2 Å². The van der Waals surface area contributed by atoms with E-state index >= 15 is 0 Å². The van der Waals surface area contributed by atoms with Gasteiger partial charge < -0.3 is 15.4 Å². The number of hydrogen-bond acceptors (Lipinski definition) is 3. The van der Waals surface area contributed by atoms with Crippen molar-refractivity contribution in [3.63, 3.8) is 0 Å². The van der Waals surface area contributed by atoms with E-state index in [-0.39, 0.29) is 10.8 Å². The van der Waals surface area contributed by atoms with E-state index in [2.05, 4.69) is 10.3 Å². The Balaban J connectivity index is 1.62. The molecule has 1 amide bonds. The van der Waals surface area contributed by atoms with Crippen molar-refractivity contribution in [2.24, 2.45) is 0 Å². The van der Waals surface area contributed by atoms with Crippen molar-refractivity contribution in [3.05, 3.63) is 65.2 Å². The highest BCUT2D eigenvalue weighted by Gasteiger charge is 2.12. The zero-order valence-electron chi connectivity index (χ0n) is 12.4. The number of para-hydroxylation sites is 1. The number of carbonyl (C=O) groups is 2. The van der Waals surface area contributed by atoms with Crippen LogP contribution < -0.4 is 5.32 Å². The Morgan fingerprint density at radius 1 is 1.00 bits per heavy atom. The second kappa shape index (κ2) is 5.50. The van der Waals surface area contributed by atoms with Crippen molar-refractivity contribution in [3.8, 4) is 0 Å². The molecule has 2 aromatic carbocycles. The highest BCUT2D eigenvalue weighted by atomic mass is 32.1. The van der Waals surface area contributed by atoms with Gasteiger partial charge in [0.15, 0.2) is 0 Å². The fourth-order valence-corrected chi connectivity index (χ4v) is 3.50. The lowest BCUT2D eigenvalue weighted by Gasteiger charge is -2.03. The molecular weight excluding hydrogens is 324 g/mol. The van der Waals surface area contributed by atoms with Crippen LogP contribution in [0.15, 0.2) is 54.6 Å². The minimum atomic E-state index is -0.945. The molecule has 0 bridgehead atoms. The smallest absolute Gasteiger partial charge is 0.345 e. The number of thiophene rings is 1.